The van der Waals surface area contributed by atoms with Crippen LogP contribution >= 0.6 is 22.7 Å². The van der Waals surface area contributed by atoms with E-state index in [1.54, 1.807) is 18.4 Å². The standard InChI is InChI=1S/C22H25N3O3S2/c1-22(2,3)28-21(27)25(4)13-15-8-5-6-9-17(15)24-19(26)12-16-14-30-20(23-16)18-10-7-11-29-18/h5-11,14H,12-13H2,1-4H3,(H,24,26). The summed E-state index contributed by atoms with van der Waals surface area (Å²) in [6.07, 6.45) is -0.217. The highest BCUT2D eigenvalue weighted by molar-refractivity contribution is 7.20. The van der Waals surface area contributed by atoms with Crippen molar-refractivity contribution < 1.29 is 14.3 Å². The van der Waals surface area contributed by atoms with Crippen LogP contribution in [0.25, 0.3) is 9.88 Å². The van der Waals surface area contributed by atoms with E-state index >= 15 is 0 Å². The van der Waals surface area contributed by atoms with Gasteiger partial charge in [0.05, 0.1) is 23.5 Å². The lowest BCUT2D eigenvalue weighted by atomic mass is 10.1. The van der Waals surface area contributed by atoms with Gasteiger partial charge in [-0.05, 0) is 43.8 Å². The first-order chi connectivity index (χ1) is 14.2. The molecule has 6 nitrogen and oxygen atoms in total. The van der Waals surface area contributed by atoms with E-state index in [0.29, 0.717) is 12.2 Å². The molecule has 3 aromatic rings. The summed E-state index contributed by atoms with van der Waals surface area (Å²) in [6.45, 7) is 5.81. The van der Waals surface area contributed by atoms with Crippen LogP contribution in [-0.2, 0) is 22.5 Å². The SMILES string of the molecule is CN(Cc1ccccc1NC(=O)Cc1csc(-c2cccs2)n1)C(=O)OC(C)(C)C. The van der Waals surface area contributed by atoms with E-state index in [4.69, 9.17) is 4.74 Å². The number of aromatic nitrogens is 1. The van der Waals surface area contributed by atoms with E-state index in [9.17, 15) is 9.59 Å². The number of anilines is 1. The fraction of sp³-hybridized carbons (Fsp3) is 0.318. The third-order valence-corrected chi connectivity index (χ3v) is 5.96. The van der Waals surface area contributed by atoms with Crippen LogP contribution in [-0.4, -0.2) is 34.5 Å². The van der Waals surface area contributed by atoms with Crippen molar-refractivity contribution in [2.24, 2.45) is 0 Å². The minimum atomic E-state index is -0.561. The topological polar surface area (TPSA) is 71.5 Å². The molecule has 0 aliphatic carbocycles. The third-order valence-electron chi connectivity index (χ3n) is 4.03. The Morgan fingerprint density at radius 2 is 1.90 bits per heavy atom. The van der Waals surface area contributed by atoms with Crippen molar-refractivity contribution in [1.29, 1.82) is 0 Å². The molecule has 0 unspecified atom stereocenters. The molecule has 2 aromatic heterocycles. The lowest BCUT2D eigenvalue weighted by molar-refractivity contribution is -0.115. The Hall–Kier alpha value is -2.71. The van der Waals surface area contributed by atoms with Crippen LogP contribution in [0.4, 0.5) is 10.5 Å². The second-order valence-electron chi connectivity index (χ2n) is 7.84. The van der Waals surface area contributed by atoms with Gasteiger partial charge < -0.3 is 15.0 Å². The van der Waals surface area contributed by atoms with E-state index in [0.717, 1.165) is 21.1 Å². The molecular weight excluding hydrogens is 418 g/mol. The van der Waals surface area contributed by atoms with Crippen molar-refractivity contribution in [1.82, 2.24) is 9.88 Å². The Balaban J connectivity index is 1.63. The first kappa shape index (κ1) is 22.0. The Morgan fingerprint density at radius 3 is 2.60 bits per heavy atom. The van der Waals surface area contributed by atoms with Gasteiger partial charge in [-0.25, -0.2) is 9.78 Å². The molecule has 0 saturated carbocycles. The molecule has 0 radical (unpaired) electrons. The molecule has 0 atom stereocenters. The number of nitrogens with one attached hydrogen (secondary N) is 1. The fourth-order valence-corrected chi connectivity index (χ4v) is 4.33. The van der Waals surface area contributed by atoms with Crippen molar-refractivity contribution in [2.75, 3.05) is 12.4 Å². The maximum atomic E-state index is 12.6. The van der Waals surface area contributed by atoms with Gasteiger partial charge in [-0.1, -0.05) is 24.3 Å². The quantitative estimate of drug-likeness (QED) is 0.552. The van der Waals surface area contributed by atoms with Crippen molar-refractivity contribution in [3.63, 3.8) is 0 Å². The zero-order chi connectivity index (χ0) is 21.7. The summed E-state index contributed by atoms with van der Waals surface area (Å²) in [5.41, 5.74) is 1.68. The predicted octanol–water partition coefficient (Wildman–Crippen LogP) is 5.42. The highest BCUT2D eigenvalue weighted by Gasteiger charge is 2.20. The van der Waals surface area contributed by atoms with Gasteiger partial charge in [-0.3, -0.25) is 4.79 Å². The lowest BCUT2D eigenvalue weighted by Gasteiger charge is -2.25. The number of hydrogen-bond acceptors (Lipinski definition) is 6. The van der Waals surface area contributed by atoms with E-state index in [1.807, 2.05) is 67.9 Å². The van der Waals surface area contributed by atoms with Gasteiger partial charge in [0, 0.05) is 18.1 Å². The predicted molar refractivity (Wildman–Crippen MR) is 122 cm³/mol. The first-order valence-electron chi connectivity index (χ1n) is 9.51. The van der Waals surface area contributed by atoms with Crippen LogP contribution < -0.4 is 5.32 Å². The van der Waals surface area contributed by atoms with E-state index in [2.05, 4.69) is 10.3 Å². The summed E-state index contributed by atoms with van der Waals surface area (Å²) < 4.78 is 5.40. The monoisotopic (exact) mass is 443 g/mol. The highest BCUT2D eigenvalue weighted by atomic mass is 32.1. The van der Waals surface area contributed by atoms with Crippen molar-refractivity contribution in [3.8, 4) is 9.88 Å². The molecule has 2 amide bonds. The number of hydrogen-bond donors (Lipinski definition) is 1. The van der Waals surface area contributed by atoms with Gasteiger partial charge in [-0.2, -0.15) is 0 Å². The molecule has 0 aliphatic heterocycles. The number of carbonyl (C=O) groups excluding carboxylic acids is 2. The number of carbonyl (C=O) groups is 2. The minimum Gasteiger partial charge on any atom is -0.444 e. The van der Waals surface area contributed by atoms with Crippen molar-refractivity contribution >= 4 is 40.4 Å². The molecule has 0 aliphatic rings. The molecule has 2 heterocycles. The molecule has 8 heteroatoms. The molecule has 158 valence electrons. The Labute approximate surface area is 184 Å². The normalized spacial score (nSPS) is 11.2. The van der Waals surface area contributed by atoms with Gasteiger partial charge >= 0.3 is 6.09 Å². The average molecular weight is 444 g/mol. The molecule has 0 fully saturated rings. The number of thiazole rings is 1. The number of rotatable bonds is 6. The summed E-state index contributed by atoms with van der Waals surface area (Å²) in [4.78, 5) is 32.0. The maximum absolute atomic E-state index is 12.6. The number of thiophene rings is 1. The minimum absolute atomic E-state index is 0.148. The number of ether oxygens (including phenoxy) is 1. The number of benzene rings is 1. The van der Waals surface area contributed by atoms with E-state index in [-0.39, 0.29) is 12.3 Å². The van der Waals surface area contributed by atoms with Crippen LogP contribution in [0.15, 0.2) is 47.2 Å². The fourth-order valence-electron chi connectivity index (χ4n) is 2.70. The Kier molecular flexibility index (Phi) is 6.89. The number of amides is 2. The Morgan fingerprint density at radius 1 is 1.13 bits per heavy atom. The van der Waals surface area contributed by atoms with Crippen LogP contribution in [0, 0.1) is 0 Å². The second kappa shape index (κ2) is 9.40. The van der Waals surface area contributed by atoms with Gasteiger partial charge in [0.15, 0.2) is 0 Å². The highest BCUT2D eigenvalue weighted by Crippen LogP contribution is 2.28. The van der Waals surface area contributed by atoms with Crippen LogP contribution in [0.5, 0.6) is 0 Å². The van der Waals surface area contributed by atoms with Gasteiger partial charge in [0.2, 0.25) is 5.91 Å². The van der Waals surface area contributed by atoms with Gasteiger partial charge in [0.25, 0.3) is 0 Å². The van der Waals surface area contributed by atoms with E-state index in [1.165, 1.54) is 16.2 Å². The largest absolute Gasteiger partial charge is 0.444 e. The summed E-state index contributed by atoms with van der Waals surface area (Å²) >= 11 is 3.16. The molecule has 1 aromatic carbocycles. The van der Waals surface area contributed by atoms with Crippen LogP contribution in [0.1, 0.15) is 32.0 Å². The first-order valence-corrected chi connectivity index (χ1v) is 11.3. The van der Waals surface area contributed by atoms with Crippen LogP contribution in [0.2, 0.25) is 0 Å². The van der Waals surface area contributed by atoms with Crippen LogP contribution in [0.3, 0.4) is 0 Å². The van der Waals surface area contributed by atoms with E-state index < -0.39 is 11.7 Å². The second-order valence-corrected chi connectivity index (χ2v) is 9.65. The molecule has 0 bridgehead atoms. The Bertz CT molecular complexity index is 1010. The zero-order valence-electron chi connectivity index (χ0n) is 17.5. The molecule has 30 heavy (non-hydrogen) atoms. The average Bonchev–Trinajstić information content (AvgIpc) is 3.33. The van der Waals surface area contributed by atoms with Gasteiger partial charge in [-0.15, -0.1) is 22.7 Å². The summed E-state index contributed by atoms with van der Waals surface area (Å²) in [7, 11) is 1.67. The summed E-state index contributed by atoms with van der Waals surface area (Å²) in [6, 6.07) is 11.4. The molecule has 1 N–H and O–H groups in total. The number of nitrogens with zero attached hydrogens (tertiary/aromatic N) is 2. The summed E-state index contributed by atoms with van der Waals surface area (Å²) in [5, 5.41) is 7.79. The molecule has 3 rings (SSSR count). The zero-order valence-corrected chi connectivity index (χ0v) is 19.1. The van der Waals surface area contributed by atoms with Crippen molar-refractivity contribution in [3.05, 3.63) is 58.4 Å². The summed E-state index contributed by atoms with van der Waals surface area (Å²) in [5.74, 6) is -0.148. The molecule has 0 saturated heterocycles. The van der Waals surface area contributed by atoms with Crippen molar-refractivity contribution in [2.45, 2.75) is 39.3 Å². The third kappa shape index (κ3) is 6.14. The molecule has 0 spiro atoms. The smallest absolute Gasteiger partial charge is 0.410 e. The van der Waals surface area contributed by atoms with Gasteiger partial charge in [0.1, 0.15) is 10.6 Å². The number of para-hydroxylation sites is 1. The lowest BCUT2D eigenvalue weighted by Crippen LogP contribution is -2.34. The maximum Gasteiger partial charge on any atom is 0.410 e. The molecular formula is C22H25N3O3S2.